The third kappa shape index (κ3) is 5.62. The molecule has 0 aliphatic heterocycles. The third-order valence-corrected chi connectivity index (χ3v) is 3.05. The number of amides is 2. The Bertz CT molecular complexity index is 843. The lowest BCUT2D eigenvalue weighted by Gasteiger charge is -2.08. The molecule has 2 amide bonds. The van der Waals surface area contributed by atoms with Crippen molar-refractivity contribution in [3.63, 3.8) is 0 Å². The van der Waals surface area contributed by atoms with Gasteiger partial charge < -0.3 is 15.4 Å². The van der Waals surface area contributed by atoms with E-state index in [2.05, 4.69) is 10.1 Å². The van der Waals surface area contributed by atoms with E-state index in [0.717, 1.165) is 30.3 Å². The fraction of sp³-hybridized carbons (Fsp3) is 0.118. The fourth-order valence-corrected chi connectivity index (χ4v) is 1.86. The molecule has 0 fully saturated rings. The number of hydrogen-bond acceptors (Lipinski definition) is 4. The minimum atomic E-state index is -0.940. The van der Waals surface area contributed by atoms with E-state index in [9.17, 15) is 27.6 Å². The molecule has 2 aromatic carbocycles. The van der Waals surface area contributed by atoms with Gasteiger partial charge in [-0.15, -0.1) is 0 Å². The van der Waals surface area contributed by atoms with Gasteiger partial charge in [-0.05, 0) is 30.3 Å². The van der Waals surface area contributed by atoms with Gasteiger partial charge in [-0.3, -0.25) is 14.4 Å². The van der Waals surface area contributed by atoms with Crippen molar-refractivity contribution < 1.29 is 32.3 Å². The van der Waals surface area contributed by atoms with Gasteiger partial charge in [-0.1, -0.05) is 6.07 Å². The lowest BCUT2D eigenvalue weighted by Crippen LogP contribution is -2.32. The second-order valence-corrected chi connectivity index (χ2v) is 5.03. The van der Waals surface area contributed by atoms with Gasteiger partial charge in [0.05, 0.1) is 5.69 Å². The first kappa shape index (κ1) is 19.0. The van der Waals surface area contributed by atoms with Gasteiger partial charge in [-0.25, -0.2) is 13.2 Å². The zero-order valence-electron chi connectivity index (χ0n) is 13.2. The number of carbonyl (C=O) groups is 3. The highest BCUT2D eigenvalue weighted by Crippen LogP contribution is 2.14. The van der Waals surface area contributed by atoms with Crippen molar-refractivity contribution in [1.82, 2.24) is 5.32 Å². The van der Waals surface area contributed by atoms with Crippen molar-refractivity contribution in [2.75, 3.05) is 18.5 Å². The SMILES string of the molecule is O=C(COC(=O)CNC(=O)c1cccc(F)c1)Nc1cc(F)ccc1F. The molecular formula is C17H13F3N2O4. The number of carbonyl (C=O) groups excluding carboxylic acids is 3. The fourth-order valence-electron chi connectivity index (χ4n) is 1.86. The number of rotatable bonds is 6. The molecule has 6 nitrogen and oxygen atoms in total. The lowest BCUT2D eigenvalue weighted by atomic mass is 10.2. The minimum absolute atomic E-state index is 0.0112. The Morgan fingerprint density at radius 2 is 1.69 bits per heavy atom. The maximum absolute atomic E-state index is 13.4. The Morgan fingerprint density at radius 3 is 2.42 bits per heavy atom. The second kappa shape index (κ2) is 8.65. The molecule has 0 heterocycles. The van der Waals surface area contributed by atoms with Gasteiger partial charge in [0.1, 0.15) is 24.0 Å². The molecular weight excluding hydrogens is 353 g/mol. The Kier molecular flexibility index (Phi) is 6.31. The van der Waals surface area contributed by atoms with Crippen LogP contribution < -0.4 is 10.6 Å². The highest BCUT2D eigenvalue weighted by atomic mass is 19.1. The summed E-state index contributed by atoms with van der Waals surface area (Å²) in [7, 11) is 0. The summed E-state index contributed by atoms with van der Waals surface area (Å²) >= 11 is 0. The number of ether oxygens (including phenoxy) is 1. The van der Waals surface area contributed by atoms with Gasteiger partial charge >= 0.3 is 5.97 Å². The molecule has 0 bridgehead atoms. The molecule has 0 spiro atoms. The third-order valence-electron chi connectivity index (χ3n) is 3.05. The van der Waals surface area contributed by atoms with E-state index in [1.54, 1.807) is 0 Å². The van der Waals surface area contributed by atoms with Crippen LogP contribution in [0.1, 0.15) is 10.4 Å². The van der Waals surface area contributed by atoms with Crippen LogP contribution in [-0.4, -0.2) is 30.9 Å². The van der Waals surface area contributed by atoms with Crippen LogP contribution in [0.3, 0.4) is 0 Å². The van der Waals surface area contributed by atoms with E-state index in [1.807, 2.05) is 5.32 Å². The van der Waals surface area contributed by atoms with Crippen molar-refractivity contribution in [3.8, 4) is 0 Å². The number of nitrogens with one attached hydrogen (secondary N) is 2. The Morgan fingerprint density at radius 1 is 0.962 bits per heavy atom. The predicted molar refractivity (Wildman–Crippen MR) is 84.7 cm³/mol. The first-order chi connectivity index (χ1) is 12.3. The molecule has 0 radical (unpaired) electrons. The smallest absolute Gasteiger partial charge is 0.325 e. The highest BCUT2D eigenvalue weighted by molar-refractivity contribution is 5.96. The number of hydrogen-bond donors (Lipinski definition) is 2. The van der Waals surface area contributed by atoms with Gasteiger partial charge in [-0.2, -0.15) is 0 Å². The maximum Gasteiger partial charge on any atom is 0.325 e. The second-order valence-electron chi connectivity index (χ2n) is 5.03. The molecule has 0 aromatic heterocycles. The molecule has 9 heteroatoms. The zero-order chi connectivity index (χ0) is 19.1. The average molecular weight is 366 g/mol. The monoisotopic (exact) mass is 366 g/mol. The molecule has 2 rings (SSSR count). The summed E-state index contributed by atoms with van der Waals surface area (Å²) in [6.45, 7) is -1.32. The molecule has 2 aromatic rings. The summed E-state index contributed by atoms with van der Waals surface area (Å²) < 4.78 is 44.0. The highest BCUT2D eigenvalue weighted by Gasteiger charge is 2.13. The topological polar surface area (TPSA) is 84.5 Å². The van der Waals surface area contributed by atoms with Crippen LogP contribution in [0, 0.1) is 17.5 Å². The number of anilines is 1. The molecule has 0 atom stereocenters. The van der Waals surface area contributed by atoms with E-state index in [0.29, 0.717) is 0 Å². The summed E-state index contributed by atoms with van der Waals surface area (Å²) in [6.07, 6.45) is 0. The maximum atomic E-state index is 13.4. The van der Waals surface area contributed by atoms with Gasteiger partial charge in [0.15, 0.2) is 6.61 Å². The van der Waals surface area contributed by atoms with Crippen LogP contribution in [0.2, 0.25) is 0 Å². The first-order valence-corrected chi connectivity index (χ1v) is 7.29. The van der Waals surface area contributed by atoms with Crippen molar-refractivity contribution in [2.24, 2.45) is 0 Å². The van der Waals surface area contributed by atoms with Crippen LogP contribution in [-0.2, 0) is 14.3 Å². The predicted octanol–water partition coefficient (Wildman–Crippen LogP) is 2.02. The Hall–Kier alpha value is -3.36. The number of esters is 1. The van der Waals surface area contributed by atoms with Crippen LogP contribution in [0.5, 0.6) is 0 Å². The quantitative estimate of drug-likeness (QED) is 0.766. The Labute approximate surface area is 146 Å². The van der Waals surface area contributed by atoms with Crippen molar-refractivity contribution in [2.45, 2.75) is 0 Å². The van der Waals surface area contributed by atoms with Gasteiger partial charge in [0.2, 0.25) is 0 Å². The van der Waals surface area contributed by atoms with Crippen LogP contribution >= 0.6 is 0 Å². The van der Waals surface area contributed by atoms with E-state index in [-0.39, 0.29) is 5.56 Å². The molecule has 0 aliphatic carbocycles. The molecule has 0 saturated heterocycles. The standard InChI is InChI=1S/C17H13F3N2O4/c18-11-3-1-2-10(6-11)17(25)21-8-16(24)26-9-15(23)22-14-7-12(19)4-5-13(14)20/h1-7H,8-9H2,(H,21,25)(H,22,23). The van der Waals surface area contributed by atoms with Crippen LogP contribution in [0.4, 0.5) is 18.9 Å². The Balaban J connectivity index is 1.77. The summed E-state index contributed by atoms with van der Waals surface area (Å²) in [5, 5.41) is 4.24. The van der Waals surface area contributed by atoms with Crippen molar-refractivity contribution >= 4 is 23.5 Å². The molecule has 0 saturated carbocycles. The lowest BCUT2D eigenvalue weighted by molar-refractivity contribution is -0.146. The first-order valence-electron chi connectivity index (χ1n) is 7.29. The van der Waals surface area contributed by atoms with Crippen LogP contribution in [0.15, 0.2) is 42.5 Å². The average Bonchev–Trinajstić information content (AvgIpc) is 2.61. The molecule has 2 N–H and O–H groups in total. The molecule has 0 aliphatic rings. The van der Waals surface area contributed by atoms with Gasteiger partial charge in [0.25, 0.3) is 11.8 Å². The van der Waals surface area contributed by atoms with E-state index in [4.69, 9.17) is 0 Å². The summed E-state index contributed by atoms with van der Waals surface area (Å²) in [5.41, 5.74) is -0.387. The summed E-state index contributed by atoms with van der Waals surface area (Å²) in [5.74, 6) is -4.75. The van der Waals surface area contributed by atoms with Crippen molar-refractivity contribution in [3.05, 3.63) is 65.5 Å². The molecule has 136 valence electrons. The van der Waals surface area contributed by atoms with E-state index in [1.165, 1.54) is 12.1 Å². The number of halogens is 3. The van der Waals surface area contributed by atoms with Crippen molar-refractivity contribution in [1.29, 1.82) is 0 Å². The zero-order valence-corrected chi connectivity index (χ0v) is 13.2. The molecule has 26 heavy (non-hydrogen) atoms. The molecule has 0 unspecified atom stereocenters. The van der Waals surface area contributed by atoms with E-state index >= 15 is 0 Å². The number of benzene rings is 2. The van der Waals surface area contributed by atoms with E-state index < -0.39 is 54.1 Å². The minimum Gasteiger partial charge on any atom is -0.454 e. The van der Waals surface area contributed by atoms with Crippen LogP contribution in [0.25, 0.3) is 0 Å². The summed E-state index contributed by atoms with van der Waals surface area (Å²) in [6, 6.07) is 7.31. The normalized spacial score (nSPS) is 10.1. The summed E-state index contributed by atoms with van der Waals surface area (Å²) in [4.78, 5) is 34.8. The largest absolute Gasteiger partial charge is 0.454 e. The van der Waals surface area contributed by atoms with Gasteiger partial charge in [0, 0.05) is 11.6 Å².